The van der Waals surface area contributed by atoms with Gasteiger partial charge in [-0.3, -0.25) is 4.79 Å². The van der Waals surface area contributed by atoms with E-state index in [9.17, 15) is 4.79 Å². The van der Waals surface area contributed by atoms with Gasteiger partial charge in [-0.2, -0.15) is 0 Å². The fourth-order valence-corrected chi connectivity index (χ4v) is 1.03. The molecule has 0 radical (unpaired) electrons. The van der Waals surface area contributed by atoms with Gasteiger partial charge < -0.3 is 4.74 Å². The van der Waals surface area contributed by atoms with Crippen LogP contribution in [0.1, 0.15) is 39.5 Å². The smallest absolute Gasteiger partial charge is 0.303 e. The minimum absolute atomic E-state index is 0.0888. The Bertz CT molecular complexity index is 141. The summed E-state index contributed by atoms with van der Waals surface area (Å²) in [5.41, 5.74) is 0. The Hall–Kier alpha value is -0.790. The average molecular weight is 170 g/mol. The third-order valence-corrected chi connectivity index (χ3v) is 1.67. The second-order valence-electron chi connectivity index (χ2n) is 2.88. The lowest BCUT2D eigenvalue weighted by molar-refractivity contribution is -0.144. The van der Waals surface area contributed by atoms with Crippen LogP contribution in [0.15, 0.2) is 12.7 Å². The van der Waals surface area contributed by atoms with E-state index in [-0.39, 0.29) is 12.1 Å². The quantitative estimate of drug-likeness (QED) is 0.348. The molecule has 0 fully saturated rings. The van der Waals surface area contributed by atoms with Crippen molar-refractivity contribution in [1.29, 1.82) is 0 Å². The highest BCUT2D eigenvalue weighted by atomic mass is 16.5. The number of hydrogen-bond donors (Lipinski definition) is 0. The molecule has 0 heterocycles. The molecule has 1 atom stereocenters. The normalized spacial score (nSPS) is 12.2. The van der Waals surface area contributed by atoms with E-state index in [1.807, 2.05) is 0 Å². The molecule has 0 aromatic carbocycles. The van der Waals surface area contributed by atoms with Gasteiger partial charge in [0.2, 0.25) is 0 Å². The molecule has 0 amide bonds. The molecule has 0 bridgehead atoms. The van der Waals surface area contributed by atoms with E-state index in [0.717, 1.165) is 12.8 Å². The molecule has 70 valence electrons. The third-order valence-electron chi connectivity index (χ3n) is 1.67. The van der Waals surface area contributed by atoms with Crippen molar-refractivity contribution in [1.82, 2.24) is 0 Å². The Balaban J connectivity index is 3.53. The summed E-state index contributed by atoms with van der Waals surface area (Å²) >= 11 is 0. The monoisotopic (exact) mass is 170 g/mol. The predicted octanol–water partition coefficient (Wildman–Crippen LogP) is 2.68. The second kappa shape index (κ2) is 6.89. The molecule has 0 aliphatic carbocycles. The van der Waals surface area contributed by atoms with Crippen molar-refractivity contribution in [3.05, 3.63) is 12.7 Å². The minimum Gasteiger partial charge on any atom is -0.458 e. The van der Waals surface area contributed by atoms with Gasteiger partial charge in [0.1, 0.15) is 6.10 Å². The van der Waals surface area contributed by atoms with Crippen molar-refractivity contribution in [3.8, 4) is 0 Å². The van der Waals surface area contributed by atoms with Gasteiger partial charge in [-0.15, -0.1) is 0 Å². The molecule has 0 rings (SSSR count). The van der Waals surface area contributed by atoms with Gasteiger partial charge >= 0.3 is 5.97 Å². The van der Waals surface area contributed by atoms with Crippen LogP contribution in [-0.4, -0.2) is 12.1 Å². The zero-order chi connectivity index (χ0) is 9.40. The van der Waals surface area contributed by atoms with Gasteiger partial charge in [0.05, 0.1) is 0 Å². The van der Waals surface area contributed by atoms with E-state index in [4.69, 9.17) is 4.74 Å². The predicted molar refractivity (Wildman–Crippen MR) is 49.9 cm³/mol. The van der Waals surface area contributed by atoms with Crippen LogP contribution in [0.4, 0.5) is 0 Å². The Morgan fingerprint density at radius 1 is 1.58 bits per heavy atom. The number of rotatable bonds is 6. The first-order chi connectivity index (χ1) is 5.70. The molecule has 0 N–H and O–H groups in total. The summed E-state index contributed by atoms with van der Waals surface area (Å²) in [6.45, 7) is 7.19. The van der Waals surface area contributed by atoms with Crippen molar-refractivity contribution in [2.75, 3.05) is 0 Å². The van der Waals surface area contributed by atoms with Crippen LogP contribution >= 0.6 is 0 Å². The van der Waals surface area contributed by atoms with E-state index in [2.05, 4.69) is 13.5 Å². The Morgan fingerprint density at radius 2 is 2.25 bits per heavy atom. The molecule has 2 nitrogen and oxygen atoms in total. The number of hydrogen-bond acceptors (Lipinski definition) is 2. The van der Waals surface area contributed by atoms with E-state index >= 15 is 0 Å². The second-order valence-corrected chi connectivity index (χ2v) is 2.88. The van der Waals surface area contributed by atoms with Gasteiger partial charge in [0, 0.05) is 6.92 Å². The van der Waals surface area contributed by atoms with E-state index < -0.39 is 0 Å². The van der Waals surface area contributed by atoms with Crippen molar-refractivity contribution >= 4 is 5.97 Å². The Morgan fingerprint density at radius 3 is 2.67 bits per heavy atom. The van der Waals surface area contributed by atoms with Gasteiger partial charge in [-0.05, 0) is 12.8 Å². The lowest BCUT2D eigenvalue weighted by Gasteiger charge is -2.11. The number of ether oxygens (including phenoxy) is 1. The van der Waals surface area contributed by atoms with E-state index in [1.54, 1.807) is 6.08 Å². The minimum atomic E-state index is -0.226. The molecule has 2 heteroatoms. The fourth-order valence-electron chi connectivity index (χ4n) is 1.03. The van der Waals surface area contributed by atoms with Crippen molar-refractivity contribution in [3.63, 3.8) is 0 Å². The molecule has 0 aliphatic rings. The highest BCUT2D eigenvalue weighted by Crippen LogP contribution is 2.07. The van der Waals surface area contributed by atoms with E-state index in [1.165, 1.54) is 19.8 Å². The van der Waals surface area contributed by atoms with Crippen molar-refractivity contribution < 1.29 is 9.53 Å². The molecule has 0 saturated carbocycles. The first-order valence-corrected chi connectivity index (χ1v) is 4.50. The highest BCUT2D eigenvalue weighted by Gasteiger charge is 2.05. The van der Waals surface area contributed by atoms with Gasteiger partial charge in [0.15, 0.2) is 0 Å². The zero-order valence-electron chi connectivity index (χ0n) is 8.01. The zero-order valence-corrected chi connectivity index (χ0v) is 8.01. The van der Waals surface area contributed by atoms with Gasteiger partial charge in [0.25, 0.3) is 0 Å². The summed E-state index contributed by atoms with van der Waals surface area (Å²) in [4.78, 5) is 10.6. The Kier molecular flexibility index (Phi) is 6.44. The first-order valence-electron chi connectivity index (χ1n) is 4.50. The maximum Gasteiger partial charge on any atom is 0.303 e. The molecule has 12 heavy (non-hydrogen) atoms. The molecular formula is C10H18O2. The maximum atomic E-state index is 10.6. The fraction of sp³-hybridized carbons (Fsp3) is 0.700. The standard InChI is InChI=1S/C10H18O2/c1-4-6-7-8-10(5-2)12-9(3)11/h5,10H,2,4,6-8H2,1,3H3/t10-/m1/s1. The Labute approximate surface area is 74.6 Å². The highest BCUT2D eigenvalue weighted by molar-refractivity contribution is 5.66. The van der Waals surface area contributed by atoms with Crippen LogP contribution in [0, 0.1) is 0 Å². The largest absolute Gasteiger partial charge is 0.458 e. The molecule has 0 aliphatic heterocycles. The van der Waals surface area contributed by atoms with Gasteiger partial charge in [-0.25, -0.2) is 0 Å². The van der Waals surface area contributed by atoms with Crippen LogP contribution in [0.2, 0.25) is 0 Å². The molecule has 0 spiro atoms. The van der Waals surface area contributed by atoms with Gasteiger partial charge in [-0.1, -0.05) is 32.4 Å². The molecular weight excluding hydrogens is 152 g/mol. The van der Waals surface area contributed by atoms with Crippen LogP contribution in [0.5, 0.6) is 0 Å². The molecule has 0 aromatic rings. The van der Waals surface area contributed by atoms with Crippen molar-refractivity contribution in [2.45, 2.75) is 45.6 Å². The van der Waals surface area contributed by atoms with Crippen molar-refractivity contribution in [2.24, 2.45) is 0 Å². The molecule has 0 aromatic heterocycles. The summed E-state index contributed by atoms with van der Waals surface area (Å²) in [6.07, 6.45) is 5.97. The third kappa shape index (κ3) is 5.96. The number of carbonyl (C=O) groups excluding carboxylic acids is 1. The number of unbranched alkanes of at least 4 members (excludes halogenated alkanes) is 2. The first kappa shape index (κ1) is 11.2. The van der Waals surface area contributed by atoms with Crippen LogP contribution in [0.25, 0.3) is 0 Å². The maximum absolute atomic E-state index is 10.6. The topological polar surface area (TPSA) is 26.3 Å². The average Bonchev–Trinajstić information content (AvgIpc) is 2.02. The summed E-state index contributed by atoms with van der Waals surface area (Å²) in [7, 11) is 0. The van der Waals surface area contributed by atoms with Crippen LogP contribution < -0.4 is 0 Å². The number of carbonyl (C=O) groups is 1. The lowest BCUT2D eigenvalue weighted by atomic mass is 10.1. The molecule has 0 saturated heterocycles. The molecule has 0 unspecified atom stereocenters. The van der Waals surface area contributed by atoms with Crippen LogP contribution in [0.3, 0.4) is 0 Å². The summed E-state index contributed by atoms with van der Waals surface area (Å²) < 4.78 is 4.99. The van der Waals surface area contributed by atoms with E-state index in [0.29, 0.717) is 0 Å². The summed E-state index contributed by atoms with van der Waals surface area (Å²) in [5.74, 6) is -0.226. The van der Waals surface area contributed by atoms with Crippen LogP contribution in [-0.2, 0) is 9.53 Å². The summed E-state index contributed by atoms with van der Waals surface area (Å²) in [5, 5.41) is 0. The summed E-state index contributed by atoms with van der Waals surface area (Å²) in [6, 6.07) is 0. The number of esters is 1. The SMILES string of the molecule is C=C[C@H](CCCCC)OC(C)=O. The lowest BCUT2D eigenvalue weighted by Crippen LogP contribution is -2.12.